The van der Waals surface area contributed by atoms with E-state index in [0.29, 0.717) is 11.4 Å². The number of nitrogens with one attached hydrogen (secondary N) is 1. The molecular formula is C21H17ClN4O. The molecule has 1 N–H and O–H groups in total. The van der Waals surface area contributed by atoms with Crippen LogP contribution in [0.25, 0.3) is 22.1 Å². The SMILES string of the molecule is O=C(CC12CC(n3cnc4cnc5[nH]ccc5c43)(C1)C2)c1ccc(Cl)cc1. The van der Waals surface area contributed by atoms with E-state index in [1.165, 1.54) is 0 Å². The van der Waals surface area contributed by atoms with Crippen LogP contribution in [0.2, 0.25) is 5.02 Å². The zero-order chi connectivity index (χ0) is 18.2. The molecule has 0 unspecified atom stereocenters. The highest BCUT2D eigenvalue weighted by Crippen LogP contribution is 2.73. The van der Waals surface area contributed by atoms with Crippen LogP contribution < -0.4 is 0 Å². The third-order valence-electron chi connectivity index (χ3n) is 6.42. The number of fused-ring (bicyclic) bond motifs is 3. The van der Waals surface area contributed by atoms with Crippen LogP contribution in [0.15, 0.2) is 49.1 Å². The minimum absolute atomic E-state index is 0.112. The van der Waals surface area contributed by atoms with E-state index in [-0.39, 0.29) is 16.7 Å². The molecule has 4 aromatic rings. The smallest absolute Gasteiger partial charge is 0.163 e. The summed E-state index contributed by atoms with van der Waals surface area (Å²) in [6.07, 6.45) is 9.43. The number of hydrogen-bond donors (Lipinski definition) is 1. The zero-order valence-electron chi connectivity index (χ0n) is 14.6. The van der Waals surface area contributed by atoms with Crippen LogP contribution in [0.1, 0.15) is 36.0 Å². The van der Waals surface area contributed by atoms with Crippen molar-refractivity contribution in [2.24, 2.45) is 5.41 Å². The Hall–Kier alpha value is -2.66. The second-order valence-electron chi connectivity index (χ2n) is 8.21. The van der Waals surface area contributed by atoms with Gasteiger partial charge in [0.2, 0.25) is 0 Å². The molecule has 7 rings (SSSR count). The first-order valence-electron chi connectivity index (χ1n) is 9.16. The van der Waals surface area contributed by atoms with Gasteiger partial charge in [0.1, 0.15) is 11.2 Å². The van der Waals surface area contributed by atoms with Crippen molar-refractivity contribution in [3.8, 4) is 0 Å². The van der Waals surface area contributed by atoms with Gasteiger partial charge in [-0.25, -0.2) is 9.97 Å². The third-order valence-corrected chi connectivity index (χ3v) is 6.67. The second kappa shape index (κ2) is 4.98. The van der Waals surface area contributed by atoms with Crippen LogP contribution in [0.5, 0.6) is 0 Å². The summed E-state index contributed by atoms with van der Waals surface area (Å²) in [6, 6.07) is 9.28. The van der Waals surface area contributed by atoms with E-state index in [0.717, 1.165) is 46.9 Å². The Balaban J connectivity index is 1.27. The van der Waals surface area contributed by atoms with E-state index in [9.17, 15) is 4.79 Å². The molecule has 1 aromatic carbocycles. The first-order chi connectivity index (χ1) is 13.1. The van der Waals surface area contributed by atoms with Gasteiger partial charge in [0.15, 0.2) is 5.78 Å². The predicted octanol–water partition coefficient (Wildman–Crippen LogP) is 4.72. The third kappa shape index (κ3) is 2.03. The Bertz CT molecular complexity index is 1200. The molecule has 27 heavy (non-hydrogen) atoms. The lowest BCUT2D eigenvalue weighted by Crippen LogP contribution is -2.67. The number of Topliss-reactive ketones (excluding diaryl/α,β-unsaturated/α-hetero) is 1. The standard InChI is InChI=1S/C21H17ClN4O/c22-14-3-1-13(2-4-14)17(27)7-20-9-21(10-20,11-20)26-12-25-16-8-24-19-15(18(16)26)5-6-23-19/h1-6,8,12H,7,9-11H2,(H,23,24). The van der Waals surface area contributed by atoms with Crippen LogP contribution >= 0.6 is 11.6 Å². The average Bonchev–Trinajstić information content (AvgIpc) is 3.23. The average molecular weight is 377 g/mol. The quantitative estimate of drug-likeness (QED) is 0.524. The Morgan fingerprint density at radius 2 is 1.93 bits per heavy atom. The molecule has 2 bridgehead atoms. The van der Waals surface area contributed by atoms with Crippen LogP contribution in [0.4, 0.5) is 0 Å². The van der Waals surface area contributed by atoms with Gasteiger partial charge in [0, 0.05) is 34.1 Å². The lowest BCUT2D eigenvalue weighted by molar-refractivity contribution is -0.181. The van der Waals surface area contributed by atoms with Gasteiger partial charge in [-0.15, -0.1) is 0 Å². The number of benzene rings is 1. The van der Waals surface area contributed by atoms with Crippen LogP contribution in [-0.4, -0.2) is 25.3 Å². The van der Waals surface area contributed by atoms with Gasteiger partial charge in [0.25, 0.3) is 0 Å². The summed E-state index contributed by atoms with van der Waals surface area (Å²) < 4.78 is 2.33. The summed E-state index contributed by atoms with van der Waals surface area (Å²) in [4.78, 5) is 24.8. The lowest BCUT2D eigenvalue weighted by atomic mass is 9.38. The molecule has 3 fully saturated rings. The van der Waals surface area contributed by atoms with E-state index in [4.69, 9.17) is 11.6 Å². The number of pyridine rings is 1. The molecule has 134 valence electrons. The molecule has 0 amide bonds. The van der Waals surface area contributed by atoms with Gasteiger partial charge >= 0.3 is 0 Å². The Labute approximate surface area is 160 Å². The number of rotatable bonds is 4. The van der Waals surface area contributed by atoms with Crippen LogP contribution in [-0.2, 0) is 5.54 Å². The highest BCUT2D eigenvalue weighted by molar-refractivity contribution is 6.30. The van der Waals surface area contributed by atoms with E-state index >= 15 is 0 Å². The van der Waals surface area contributed by atoms with E-state index in [1.807, 2.05) is 30.9 Å². The van der Waals surface area contributed by atoms with Gasteiger partial charge in [0.05, 0.1) is 18.0 Å². The Morgan fingerprint density at radius 3 is 2.70 bits per heavy atom. The maximum absolute atomic E-state index is 12.7. The van der Waals surface area contributed by atoms with Crippen molar-refractivity contribution in [1.29, 1.82) is 0 Å². The highest BCUT2D eigenvalue weighted by atomic mass is 35.5. The maximum Gasteiger partial charge on any atom is 0.163 e. The fourth-order valence-electron chi connectivity index (χ4n) is 5.33. The fourth-order valence-corrected chi connectivity index (χ4v) is 5.45. The Morgan fingerprint density at radius 1 is 1.15 bits per heavy atom. The lowest BCUT2D eigenvalue weighted by Gasteiger charge is -2.71. The minimum Gasteiger partial charge on any atom is -0.346 e. The first kappa shape index (κ1) is 15.4. The van der Waals surface area contributed by atoms with Gasteiger partial charge in [-0.05, 0) is 55.0 Å². The molecule has 3 heterocycles. The number of aromatic nitrogens is 4. The number of halogens is 1. The molecule has 0 radical (unpaired) electrons. The summed E-state index contributed by atoms with van der Waals surface area (Å²) in [5.41, 5.74) is 3.99. The van der Waals surface area contributed by atoms with E-state index in [1.54, 1.807) is 12.1 Å². The number of imidazole rings is 1. The van der Waals surface area contributed by atoms with Crippen molar-refractivity contribution in [3.05, 3.63) is 59.6 Å². The molecule has 0 atom stereocenters. The van der Waals surface area contributed by atoms with Crippen molar-refractivity contribution in [2.75, 3.05) is 0 Å². The predicted molar refractivity (Wildman–Crippen MR) is 104 cm³/mol. The number of carbonyl (C=O) groups is 1. The van der Waals surface area contributed by atoms with Crippen molar-refractivity contribution < 1.29 is 4.79 Å². The number of aromatic amines is 1. The molecule has 0 saturated heterocycles. The maximum atomic E-state index is 12.7. The summed E-state index contributed by atoms with van der Waals surface area (Å²) in [5, 5.41) is 1.77. The molecular weight excluding hydrogens is 360 g/mol. The normalized spacial score (nSPS) is 26.1. The molecule has 0 aliphatic heterocycles. The molecule has 6 heteroatoms. The number of H-pyrrole nitrogens is 1. The van der Waals surface area contributed by atoms with Gasteiger partial charge in [-0.1, -0.05) is 11.6 Å². The summed E-state index contributed by atoms with van der Waals surface area (Å²) >= 11 is 5.93. The topological polar surface area (TPSA) is 63.6 Å². The van der Waals surface area contributed by atoms with E-state index < -0.39 is 0 Å². The molecule has 0 spiro atoms. The zero-order valence-corrected chi connectivity index (χ0v) is 15.3. The summed E-state index contributed by atoms with van der Waals surface area (Å²) in [5.74, 6) is 0.215. The van der Waals surface area contributed by atoms with Gasteiger partial charge < -0.3 is 9.55 Å². The fraction of sp³-hybridized carbons (Fsp3) is 0.286. The molecule has 3 saturated carbocycles. The van der Waals surface area contributed by atoms with Crippen molar-refractivity contribution in [1.82, 2.24) is 19.5 Å². The highest BCUT2D eigenvalue weighted by Gasteiger charge is 2.69. The largest absolute Gasteiger partial charge is 0.346 e. The van der Waals surface area contributed by atoms with Gasteiger partial charge in [-0.3, -0.25) is 4.79 Å². The minimum atomic E-state index is 0.112. The molecule has 3 aromatic heterocycles. The van der Waals surface area contributed by atoms with Crippen LogP contribution in [0.3, 0.4) is 0 Å². The van der Waals surface area contributed by atoms with Crippen molar-refractivity contribution in [2.45, 2.75) is 31.2 Å². The first-order valence-corrected chi connectivity index (χ1v) is 9.54. The van der Waals surface area contributed by atoms with E-state index in [2.05, 4.69) is 25.6 Å². The number of ketones is 1. The number of carbonyl (C=O) groups excluding carboxylic acids is 1. The Kier molecular flexibility index (Phi) is 2.84. The van der Waals surface area contributed by atoms with Gasteiger partial charge in [-0.2, -0.15) is 0 Å². The number of hydrogen-bond acceptors (Lipinski definition) is 3. The van der Waals surface area contributed by atoms with Crippen molar-refractivity contribution in [3.63, 3.8) is 0 Å². The number of nitrogens with zero attached hydrogens (tertiary/aromatic N) is 3. The molecule has 3 aliphatic rings. The monoisotopic (exact) mass is 376 g/mol. The summed E-state index contributed by atoms with van der Waals surface area (Å²) in [7, 11) is 0. The second-order valence-corrected chi connectivity index (χ2v) is 8.64. The molecule has 5 nitrogen and oxygen atoms in total. The summed E-state index contributed by atoms with van der Waals surface area (Å²) in [6.45, 7) is 0. The van der Waals surface area contributed by atoms with Crippen LogP contribution in [0, 0.1) is 5.41 Å². The molecule has 3 aliphatic carbocycles. The van der Waals surface area contributed by atoms with Crippen molar-refractivity contribution >= 4 is 39.5 Å².